The van der Waals surface area contributed by atoms with Gasteiger partial charge in [0.05, 0.1) is 18.2 Å². The van der Waals surface area contributed by atoms with Crippen molar-refractivity contribution in [1.82, 2.24) is 15.0 Å². The quantitative estimate of drug-likeness (QED) is 0.393. The maximum absolute atomic E-state index is 13.9. The molecule has 0 spiro atoms. The Morgan fingerprint density at radius 3 is 2.09 bits per heavy atom. The molecule has 0 radical (unpaired) electrons. The number of hydrogen-bond acceptors (Lipinski definition) is 5. The topological polar surface area (TPSA) is 96.7 Å². The molecule has 1 rings (SSSR count). The number of nitrogens with one attached hydrogen (secondary N) is 1. The zero-order chi connectivity index (χ0) is 27.1. The van der Waals surface area contributed by atoms with Gasteiger partial charge in [-0.05, 0) is 30.8 Å². The standard InChI is InChI=1S/C27H43BN4O3/c1-19(2)21(17-14-18-29)31(9)25(34)22(26(3,4)5)30-24(33)23(32(10)28(8)35)27(6,7)20-15-12-11-13-16-20/h11-17,19,21-23,35H,1-10H3,(H,30,33)/t21-,22-,23-/m1/s1. The fourth-order valence-corrected chi connectivity index (χ4v) is 4.42. The van der Waals surface area contributed by atoms with E-state index in [0.29, 0.717) is 0 Å². The van der Waals surface area contributed by atoms with Crippen molar-refractivity contribution >= 4 is 18.9 Å². The van der Waals surface area contributed by atoms with Crippen LogP contribution in [0.25, 0.3) is 0 Å². The van der Waals surface area contributed by atoms with Crippen molar-refractivity contribution in [3.8, 4) is 6.07 Å². The normalized spacial score (nSPS) is 15.0. The molecule has 0 saturated heterocycles. The number of carbonyl (C=O) groups excluding carboxylic acids is 2. The molecular weight excluding hydrogens is 439 g/mol. The van der Waals surface area contributed by atoms with E-state index in [9.17, 15) is 14.6 Å². The Kier molecular flexibility index (Phi) is 10.7. The smallest absolute Gasteiger partial charge is 0.376 e. The van der Waals surface area contributed by atoms with Crippen molar-refractivity contribution in [2.75, 3.05) is 14.1 Å². The first-order valence-corrected chi connectivity index (χ1v) is 12.2. The molecule has 1 aromatic carbocycles. The second kappa shape index (κ2) is 12.4. The summed E-state index contributed by atoms with van der Waals surface area (Å²) in [4.78, 5) is 30.8. The lowest BCUT2D eigenvalue weighted by Gasteiger charge is -2.43. The average molecular weight is 482 g/mol. The first-order chi connectivity index (χ1) is 16.1. The average Bonchev–Trinajstić information content (AvgIpc) is 2.76. The molecular formula is C27H43BN4O3. The third-order valence-electron chi connectivity index (χ3n) is 6.69. The molecule has 0 aliphatic heterocycles. The van der Waals surface area contributed by atoms with Crippen molar-refractivity contribution in [3.05, 3.63) is 48.0 Å². The van der Waals surface area contributed by atoms with Crippen LogP contribution in [0.15, 0.2) is 42.5 Å². The third kappa shape index (κ3) is 7.68. The van der Waals surface area contributed by atoms with E-state index < -0.39 is 30.0 Å². The first-order valence-electron chi connectivity index (χ1n) is 12.2. The van der Waals surface area contributed by atoms with Gasteiger partial charge in [0, 0.05) is 18.5 Å². The van der Waals surface area contributed by atoms with Crippen LogP contribution in [0.2, 0.25) is 6.82 Å². The van der Waals surface area contributed by atoms with Crippen LogP contribution in [0, 0.1) is 22.7 Å². The predicted molar refractivity (Wildman–Crippen MR) is 142 cm³/mol. The molecule has 0 aromatic heterocycles. The summed E-state index contributed by atoms with van der Waals surface area (Å²) in [6, 6.07) is 9.84. The van der Waals surface area contributed by atoms with Crippen LogP contribution >= 0.6 is 0 Å². The minimum atomic E-state index is -0.873. The number of benzene rings is 1. The van der Waals surface area contributed by atoms with Gasteiger partial charge >= 0.3 is 7.05 Å². The Hall–Kier alpha value is -2.63. The van der Waals surface area contributed by atoms with Crippen molar-refractivity contribution in [2.45, 2.75) is 78.8 Å². The van der Waals surface area contributed by atoms with Crippen LogP contribution in [0.5, 0.6) is 0 Å². The van der Waals surface area contributed by atoms with Gasteiger partial charge in [0.1, 0.15) is 6.04 Å². The van der Waals surface area contributed by atoms with Crippen molar-refractivity contribution in [3.63, 3.8) is 0 Å². The molecule has 1 aromatic rings. The number of likely N-dealkylation sites (N-methyl/N-ethyl adjacent to an activating group) is 2. The van der Waals surface area contributed by atoms with E-state index in [1.807, 2.05) is 84.9 Å². The lowest BCUT2D eigenvalue weighted by Crippen LogP contribution is -2.63. The van der Waals surface area contributed by atoms with E-state index >= 15 is 0 Å². The zero-order valence-electron chi connectivity index (χ0n) is 23.0. The fourth-order valence-electron chi connectivity index (χ4n) is 4.42. The lowest BCUT2D eigenvalue weighted by atomic mass is 9.71. The lowest BCUT2D eigenvalue weighted by molar-refractivity contribution is -0.141. The molecule has 7 nitrogen and oxygen atoms in total. The maximum Gasteiger partial charge on any atom is 0.376 e. The minimum absolute atomic E-state index is 0.0796. The number of nitriles is 1. The zero-order valence-corrected chi connectivity index (χ0v) is 23.0. The van der Waals surface area contributed by atoms with Gasteiger partial charge in [0.25, 0.3) is 0 Å². The molecule has 192 valence electrons. The van der Waals surface area contributed by atoms with E-state index in [4.69, 9.17) is 5.26 Å². The van der Waals surface area contributed by atoms with Gasteiger partial charge < -0.3 is 20.1 Å². The Morgan fingerprint density at radius 2 is 1.66 bits per heavy atom. The Bertz CT molecular complexity index is 917. The van der Waals surface area contributed by atoms with Gasteiger partial charge in [-0.3, -0.25) is 9.59 Å². The van der Waals surface area contributed by atoms with E-state index in [0.717, 1.165) is 5.56 Å². The van der Waals surface area contributed by atoms with Gasteiger partial charge in [-0.25, -0.2) is 0 Å². The fraction of sp³-hybridized carbons (Fsp3) is 0.593. The maximum atomic E-state index is 13.9. The van der Waals surface area contributed by atoms with Crippen LogP contribution in [0.1, 0.15) is 54.0 Å². The highest BCUT2D eigenvalue weighted by Gasteiger charge is 2.44. The second-order valence-corrected chi connectivity index (χ2v) is 11.3. The molecule has 3 atom stereocenters. The molecule has 0 aliphatic rings. The summed E-state index contributed by atoms with van der Waals surface area (Å²) in [5.41, 5.74) is -0.290. The minimum Gasteiger partial charge on any atom is -0.437 e. The van der Waals surface area contributed by atoms with Crippen molar-refractivity contribution in [1.29, 1.82) is 5.26 Å². The summed E-state index contributed by atoms with van der Waals surface area (Å²) in [5, 5.41) is 22.4. The molecule has 0 aliphatic carbocycles. The Morgan fingerprint density at radius 1 is 1.11 bits per heavy atom. The largest absolute Gasteiger partial charge is 0.437 e. The molecule has 0 heterocycles. The third-order valence-corrected chi connectivity index (χ3v) is 6.69. The van der Waals surface area contributed by atoms with Crippen LogP contribution in [0.4, 0.5) is 0 Å². The summed E-state index contributed by atoms with van der Waals surface area (Å²) in [6.45, 7) is 15.3. The van der Waals surface area contributed by atoms with E-state index in [-0.39, 0.29) is 23.8 Å². The highest BCUT2D eigenvalue weighted by molar-refractivity contribution is 6.45. The highest BCUT2D eigenvalue weighted by atomic mass is 16.2. The van der Waals surface area contributed by atoms with Crippen molar-refractivity contribution in [2.24, 2.45) is 11.3 Å². The SMILES string of the molecule is CB(O)N(C)[C@H](C(=O)N[C@H](C(=O)N(C)[C@H](C=CC#N)C(C)C)C(C)(C)C)C(C)(C)c1ccccc1. The van der Waals surface area contributed by atoms with Gasteiger partial charge in [-0.2, -0.15) is 5.26 Å². The van der Waals surface area contributed by atoms with Gasteiger partial charge in [-0.1, -0.05) is 84.9 Å². The molecule has 0 unspecified atom stereocenters. The molecule has 0 saturated carbocycles. The van der Waals surface area contributed by atoms with Gasteiger partial charge in [0.15, 0.2) is 0 Å². The van der Waals surface area contributed by atoms with Crippen LogP contribution < -0.4 is 5.32 Å². The van der Waals surface area contributed by atoms with Crippen LogP contribution in [0.3, 0.4) is 0 Å². The summed E-state index contributed by atoms with van der Waals surface area (Å²) in [7, 11) is 2.54. The summed E-state index contributed by atoms with van der Waals surface area (Å²) < 4.78 is 0. The van der Waals surface area contributed by atoms with Gasteiger partial charge in [-0.15, -0.1) is 0 Å². The number of allylic oxidation sites excluding steroid dienone is 1. The predicted octanol–water partition coefficient (Wildman–Crippen LogP) is 3.47. The summed E-state index contributed by atoms with van der Waals surface area (Å²) >= 11 is 0. The second-order valence-electron chi connectivity index (χ2n) is 11.3. The number of carbonyl (C=O) groups is 2. The molecule has 2 N–H and O–H groups in total. The molecule has 8 heteroatoms. The number of nitrogens with zero attached hydrogens (tertiary/aromatic N) is 3. The Labute approximate surface area is 212 Å². The van der Waals surface area contributed by atoms with Crippen LogP contribution in [-0.4, -0.2) is 65.8 Å². The van der Waals surface area contributed by atoms with E-state index in [1.54, 1.807) is 36.7 Å². The summed E-state index contributed by atoms with van der Waals surface area (Å²) in [6.07, 6.45) is 3.10. The van der Waals surface area contributed by atoms with E-state index in [1.165, 1.54) is 6.08 Å². The summed E-state index contributed by atoms with van der Waals surface area (Å²) in [5.74, 6) is -0.489. The highest BCUT2D eigenvalue weighted by Crippen LogP contribution is 2.31. The van der Waals surface area contributed by atoms with Crippen molar-refractivity contribution < 1.29 is 14.6 Å². The first kappa shape index (κ1) is 30.4. The number of amides is 2. The number of hydrogen-bond donors (Lipinski definition) is 2. The Balaban J connectivity index is 3.43. The van der Waals surface area contributed by atoms with E-state index in [2.05, 4.69) is 5.32 Å². The van der Waals surface area contributed by atoms with Crippen LogP contribution in [-0.2, 0) is 15.0 Å². The number of rotatable bonds is 10. The van der Waals surface area contributed by atoms with Gasteiger partial charge in [0.2, 0.25) is 11.8 Å². The molecule has 0 bridgehead atoms. The molecule has 0 fully saturated rings. The molecule has 35 heavy (non-hydrogen) atoms. The monoisotopic (exact) mass is 482 g/mol. The molecule has 2 amide bonds.